The van der Waals surface area contributed by atoms with Gasteiger partial charge in [-0.05, 0) is 37.1 Å². The second kappa shape index (κ2) is 6.55. The number of nitrogens with one attached hydrogen (secondary N) is 1. The maximum Gasteiger partial charge on any atom is 0.430 e. The molecule has 0 saturated heterocycles. The van der Waals surface area contributed by atoms with E-state index < -0.39 is 17.8 Å². The number of carbonyl (C=O) groups is 1. The van der Waals surface area contributed by atoms with Gasteiger partial charge in [0, 0.05) is 20.6 Å². The molecule has 23 heavy (non-hydrogen) atoms. The summed E-state index contributed by atoms with van der Waals surface area (Å²) in [5.41, 5.74) is -0.203. The normalized spacial score (nSPS) is 21.1. The van der Waals surface area contributed by atoms with Gasteiger partial charge in [0.05, 0.1) is 6.10 Å². The van der Waals surface area contributed by atoms with Gasteiger partial charge in [-0.2, -0.15) is 0 Å². The summed E-state index contributed by atoms with van der Waals surface area (Å²) >= 11 is 5.86. The summed E-state index contributed by atoms with van der Waals surface area (Å²) in [6.07, 6.45) is 3.53. The molecule has 1 aliphatic carbocycles. The molecule has 1 aliphatic rings. The van der Waals surface area contributed by atoms with Crippen molar-refractivity contribution in [3.8, 4) is 0 Å². The average Bonchev–Trinajstić information content (AvgIpc) is 2.96. The Hall–Kier alpha value is -2.12. The van der Waals surface area contributed by atoms with Crippen molar-refractivity contribution in [2.24, 2.45) is 0 Å². The van der Waals surface area contributed by atoms with Crippen molar-refractivity contribution < 1.29 is 19.2 Å². The Balaban J connectivity index is 1.98. The Morgan fingerprint density at radius 3 is 2.61 bits per heavy atom. The van der Waals surface area contributed by atoms with E-state index in [0.29, 0.717) is 23.4 Å². The molecule has 2 unspecified atom stereocenters. The molecule has 7 nitrogen and oxygen atoms in total. The molecule has 2 atom stereocenters. The van der Waals surface area contributed by atoms with Crippen LogP contribution in [-0.4, -0.2) is 28.4 Å². The molecule has 1 heterocycles. The highest BCUT2D eigenvalue weighted by atomic mass is 35.5. The number of aliphatic hydroxyl groups is 1. The minimum absolute atomic E-state index is 0.352. The number of benzene rings is 1. The van der Waals surface area contributed by atoms with Gasteiger partial charge >= 0.3 is 17.7 Å². The van der Waals surface area contributed by atoms with Crippen LogP contribution in [-0.2, 0) is 0 Å². The van der Waals surface area contributed by atoms with E-state index in [2.05, 4.69) is 9.79 Å². The van der Waals surface area contributed by atoms with Gasteiger partial charge in [-0.15, -0.1) is 0 Å². The lowest BCUT2D eigenvalue weighted by molar-refractivity contribution is -0.753. The fourth-order valence-corrected chi connectivity index (χ4v) is 2.99. The lowest BCUT2D eigenvalue weighted by Gasteiger charge is -2.30. The Kier molecular flexibility index (Phi) is 4.49. The minimum Gasteiger partial charge on any atom is -0.391 e. The fraction of sp³-hybridized carbons (Fsp3) is 0.400. The molecule has 2 aromatic rings. The zero-order chi connectivity index (χ0) is 16.4. The standard InChI is InChI=1S/C15H16ClN3O4/c16-11-7-5-10(6-8-11)15(22)19(18-9-14(21)23-17-18)12-3-1-2-4-13(12)20/h5-9,12-13,20H,1-4H2/p+1. The predicted octanol–water partition coefficient (Wildman–Crippen LogP) is 0.991. The van der Waals surface area contributed by atoms with E-state index in [1.165, 1.54) is 9.80 Å². The maximum absolute atomic E-state index is 12.9. The van der Waals surface area contributed by atoms with Crippen molar-refractivity contribution in [3.63, 3.8) is 0 Å². The summed E-state index contributed by atoms with van der Waals surface area (Å²) in [4.78, 5) is 25.4. The Labute approximate surface area is 137 Å². The van der Waals surface area contributed by atoms with Crippen molar-refractivity contribution in [1.29, 1.82) is 0 Å². The molecule has 0 aliphatic heterocycles. The number of amides is 1. The molecule has 0 spiro atoms. The van der Waals surface area contributed by atoms with Gasteiger partial charge in [0.25, 0.3) is 0 Å². The largest absolute Gasteiger partial charge is 0.430 e. The van der Waals surface area contributed by atoms with Crippen LogP contribution in [0.5, 0.6) is 0 Å². The van der Waals surface area contributed by atoms with Crippen molar-refractivity contribution in [3.05, 3.63) is 51.5 Å². The fourth-order valence-electron chi connectivity index (χ4n) is 2.86. The van der Waals surface area contributed by atoms with Crippen molar-refractivity contribution in [2.45, 2.75) is 37.8 Å². The third kappa shape index (κ3) is 3.30. The zero-order valence-corrected chi connectivity index (χ0v) is 13.1. The van der Waals surface area contributed by atoms with E-state index in [1.807, 2.05) is 0 Å². The van der Waals surface area contributed by atoms with E-state index in [-0.39, 0.29) is 5.91 Å². The number of hydrogen-bond acceptors (Lipinski definition) is 4. The summed E-state index contributed by atoms with van der Waals surface area (Å²) in [5.74, 6) is -0.352. The number of halogens is 1. The highest BCUT2D eigenvalue weighted by Gasteiger charge is 2.40. The van der Waals surface area contributed by atoms with Crippen molar-refractivity contribution in [2.75, 3.05) is 5.01 Å². The van der Waals surface area contributed by atoms with Crippen LogP contribution in [0.1, 0.15) is 36.0 Å². The van der Waals surface area contributed by atoms with E-state index in [4.69, 9.17) is 11.6 Å². The number of H-pyrrole nitrogens is 1. The smallest absolute Gasteiger partial charge is 0.391 e. The molecule has 1 amide bonds. The summed E-state index contributed by atoms with van der Waals surface area (Å²) < 4.78 is 4.66. The molecular weight excluding hydrogens is 322 g/mol. The molecule has 0 radical (unpaired) electrons. The second-order valence-corrected chi connectivity index (χ2v) is 6.00. The minimum atomic E-state index is -0.661. The van der Waals surface area contributed by atoms with Crippen LogP contribution >= 0.6 is 11.6 Å². The van der Waals surface area contributed by atoms with E-state index in [9.17, 15) is 14.7 Å². The first-order valence-corrected chi connectivity index (χ1v) is 7.82. The molecule has 1 fully saturated rings. The molecule has 122 valence electrons. The lowest BCUT2D eigenvalue weighted by atomic mass is 9.92. The van der Waals surface area contributed by atoms with Crippen LogP contribution in [0, 0.1) is 0 Å². The monoisotopic (exact) mass is 338 g/mol. The third-order valence-electron chi connectivity index (χ3n) is 4.01. The molecule has 1 saturated carbocycles. The number of aromatic amines is 1. The molecule has 0 bridgehead atoms. The van der Waals surface area contributed by atoms with Gasteiger partial charge in [-0.25, -0.2) is 4.79 Å². The van der Waals surface area contributed by atoms with E-state index in [0.717, 1.165) is 19.0 Å². The van der Waals surface area contributed by atoms with Gasteiger partial charge in [0.15, 0.2) is 0 Å². The Morgan fingerprint density at radius 1 is 1.30 bits per heavy atom. The summed E-state index contributed by atoms with van der Waals surface area (Å²) in [5, 5.41) is 14.5. The van der Waals surface area contributed by atoms with Gasteiger partial charge in [0.2, 0.25) is 0 Å². The van der Waals surface area contributed by atoms with Crippen LogP contribution in [0.3, 0.4) is 0 Å². The second-order valence-electron chi connectivity index (χ2n) is 5.56. The topological polar surface area (TPSA) is 90.4 Å². The van der Waals surface area contributed by atoms with Crippen LogP contribution in [0.25, 0.3) is 0 Å². The van der Waals surface area contributed by atoms with Crippen LogP contribution < -0.4 is 15.4 Å². The first-order chi connectivity index (χ1) is 11.1. The van der Waals surface area contributed by atoms with E-state index in [1.54, 1.807) is 24.3 Å². The SMILES string of the molecule is O=C(c1ccc(Cl)cc1)N(C1CCCCC1O)[n+]1cc(=O)o[nH]1. The number of carbonyl (C=O) groups excluding carboxylic acids is 1. The van der Waals surface area contributed by atoms with Crippen LogP contribution in [0.4, 0.5) is 0 Å². The molecule has 8 heteroatoms. The molecule has 3 rings (SSSR count). The zero-order valence-electron chi connectivity index (χ0n) is 12.3. The number of hydrogen-bond donors (Lipinski definition) is 2. The van der Waals surface area contributed by atoms with Gasteiger partial charge in [0.1, 0.15) is 6.04 Å². The van der Waals surface area contributed by atoms with Crippen molar-refractivity contribution in [1.82, 2.24) is 5.27 Å². The van der Waals surface area contributed by atoms with Crippen molar-refractivity contribution >= 4 is 17.5 Å². The molecular formula is C15H17ClN3O4+. The number of aliphatic hydroxyl groups excluding tert-OH is 1. The van der Waals surface area contributed by atoms with Gasteiger partial charge in [-0.1, -0.05) is 29.5 Å². The third-order valence-corrected chi connectivity index (χ3v) is 4.26. The Morgan fingerprint density at radius 2 is 2.00 bits per heavy atom. The highest BCUT2D eigenvalue weighted by molar-refractivity contribution is 6.30. The van der Waals surface area contributed by atoms with Crippen LogP contribution in [0.15, 0.2) is 39.8 Å². The quantitative estimate of drug-likeness (QED) is 0.817. The molecule has 1 aromatic carbocycles. The number of rotatable bonds is 3. The lowest BCUT2D eigenvalue weighted by Crippen LogP contribution is -2.69. The average molecular weight is 339 g/mol. The number of aromatic nitrogens is 2. The Bertz CT molecular complexity index is 740. The first-order valence-electron chi connectivity index (χ1n) is 7.44. The summed E-state index contributed by atoms with van der Waals surface area (Å²) in [6.45, 7) is 0. The summed E-state index contributed by atoms with van der Waals surface area (Å²) in [6, 6.07) is 6.00. The number of nitrogens with zero attached hydrogens (tertiary/aromatic N) is 2. The first kappa shape index (κ1) is 15.8. The molecule has 1 aromatic heterocycles. The van der Waals surface area contributed by atoms with Gasteiger partial charge < -0.3 is 5.11 Å². The van der Waals surface area contributed by atoms with Gasteiger partial charge in [-0.3, -0.25) is 9.32 Å². The molecule has 2 N–H and O–H groups in total. The van der Waals surface area contributed by atoms with Crippen LogP contribution in [0.2, 0.25) is 5.02 Å². The summed E-state index contributed by atoms with van der Waals surface area (Å²) in [7, 11) is 0. The van der Waals surface area contributed by atoms with E-state index >= 15 is 0 Å². The maximum atomic E-state index is 12.9. The predicted molar refractivity (Wildman–Crippen MR) is 81.8 cm³/mol. The highest BCUT2D eigenvalue weighted by Crippen LogP contribution is 2.22.